The number of carbonyl (C=O) groups is 2. The second-order valence-electron chi connectivity index (χ2n) is 9.21. The van der Waals surface area contributed by atoms with Gasteiger partial charge in [-0.05, 0) is 74.0 Å². The van der Waals surface area contributed by atoms with Crippen LogP contribution in [0.4, 0.5) is 0 Å². The van der Waals surface area contributed by atoms with E-state index >= 15 is 0 Å². The van der Waals surface area contributed by atoms with Gasteiger partial charge in [-0.2, -0.15) is 0 Å². The zero-order valence-electron chi connectivity index (χ0n) is 14.7. The highest BCUT2D eigenvalue weighted by atomic mass is 16.1. The Balaban J connectivity index is 1.63. The molecule has 128 valence electrons. The van der Waals surface area contributed by atoms with E-state index in [1.807, 2.05) is 0 Å². The molecule has 1 amide bonds. The van der Waals surface area contributed by atoms with Crippen molar-refractivity contribution < 1.29 is 9.59 Å². The van der Waals surface area contributed by atoms with Gasteiger partial charge in [-0.25, -0.2) is 0 Å². The minimum absolute atomic E-state index is 0.0244. The summed E-state index contributed by atoms with van der Waals surface area (Å²) in [6.07, 6.45) is 9.72. The highest BCUT2D eigenvalue weighted by Gasteiger charge is 2.59. The molecular formula is C20H31NO2. The number of hydrogen-bond donors (Lipinski definition) is 1. The molecule has 0 aromatic rings. The Hall–Kier alpha value is -0.860. The third kappa shape index (κ3) is 2.21. The Morgan fingerprint density at radius 3 is 2.57 bits per heavy atom. The van der Waals surface area contributed by atoms with E-state index in [1.165, 1.54) is 19.3 Å². The Kier molecular flexibility index (Phi) is 3.62. The molecule has 0 aromatic carbocycles. The van der Waals surface area contributed by atoms with Crippen LogP contribution in [0.1, 0.15) is 71.6 Å². The lowest BCUT2D eigenvalue weighted by molar-refractivity contribution is -0.138. The quantitative estimate of drug-likeness (QED) is 0.740. The number of ketones is 1. The molecule has 1 aliphatic heterocycles. The minimum atomic E-state index is -0.0244. The summed E-state index contributed by atoms with van der Waals surface area (Å²) in [5, 5.41) is 3.07. The molecular weight excluding hydrogens is 286 g/mol. The van der Waals surface area contributed by atoms with Crippen molar-refractivity contribution in [1.29, 1.82) is 0 Å². The van der Waals surface area contributed by atoms with E-state index in [2.05, 4.69) is 19.2 Å². The van der Waals surface area contributed by atoms with Crippen molar-refractivity contribution in [3.8, 4) is 0 Å². The Bertz CT molecular complexity index is 530. The molecule has 23 heavy (non-hydrogen) atoms. The van der Waals surface area contributed by atoms with Crippen molar-refractivity contribution in [2.45, 2.75) is 71.6 Å². The second kappa shape index (κ2) is 5.32. The van der Waals surface area contributed by atoms with Crippen LogP contribution >= 0.6 is 0 Å². The lowest BCUT2D eigenvalue weighted by Gasteiger charge is -2.58. The van der Waals surface area contributed by atoms with Crippen LogP contribution in [0.2, 0.25) is 0 Å². The molecule has 0 radical (unpaired) electrons. The van der Waals surface area contributed by atoms with E-state index in [0.717, 1.165) is 56.4 Å². The summed E-state index contributed by atoms with van der Waals surface area (Å²) in [6.45, 7) is 5.59. The van der Waals surface area contributed by atoms with Gasteiger partial charge in [0.25, 0.3) is 0 Å². The standard InChI is InChI=1S/C20H31NO2/c1-19-11-8-18(23)21-12-9-13(19)3-4-14-15-5-6-17(22)20(15,2)10-7-16(14)19/h13-16H,3-12H2,1-2H3,(H,21,23). The van der Waals surface area contributed by atoms with Gasteiger partial charge in [0.2, 0.25) is 5.91 Å². The van der Waals surface area contributed by atoms with Crippen molar-refractivity contribution in [3.63, 3.8) is 0 Å². The predicted octanol–water partition coefficient (Wildman–Crippen LogP) is 3.71. The molecule has 1 saturated heterocycles. The lowest BCUT2D eigenvalue weighted by atomic mass is 9.46. The maximum Gasteiger partial charge on any atom is 0.220 e. The highest BCUT2D eigenvalue weighted by molar-refractivity contribution is 5.87. The van der Waals surface area contributed by atoms with E-state index in [1.54, 1.807) is 0 Å². The van der Waals surface area contributed by atoms with Crippen molar-refractivity contribution in [2.24, 2.45) is 34.5 Å². The molecule has 1 N–H and O–H groups in total. The van der Waals surface area contributed by atoms with Gasteiger partial charge in [-0.3, -0.25) is 9.59 Å². The third-order valence-corrected chi connectivity index (χ3v) is 8.48. The Labute approximate surface area is 140 Å². The van der Waals surface area contributed by atoms with Gasteiger partial charge in [0, 0.05) is 24.8 Å². The van der Waals surface area contributed by atoms with Gasteiger partial charge in [0.05, 0.1) is 0 Å². The number of fused-ring (bicyclic) bond motifs is 5. The number of rotatable bonds is 0. The molecule has 3 saturated carbocycles. The average Bonchev–Trinajstić information content (AvgIpc) is 2.82. The van der Waals surface area contributed by atoms with Gasteiger partial charge in [0.1, 0.15) is 5.78 Å². The number of amides is 1. The lowest BCUT2D eigenvalue weighted by Crippen LogP contribution is -2.53. The van der Waals surface area contributed by atoms with Crippen LogP contribution in [0, 0.1) is 34.5 Å². The molecule has 1 heterocycles. The number of carbonyl (C=O) groups excluding carboxylic acids is 2. The molecule has 0 spiro atoms. The molecule has 0 aromatic heterocycles. The summed E-state index contributed by atoms with van der Waals surface area (Å²) in [5.74, 6) is 3.60. The summed E-state index contributed by atoms with van der Waals surface area (Å²) in [7, 11) is 0. The van der Waals surface area contributed by atoms with E-state index in [9.17, 15) is 9.59 Å². The van der Waals surface area contributed by atoms with Crippen LogP contribution in [0.5, 0.6) is 0 Å². The van der Waals surface area contributed by atoms with E-state index in [0.29, 0.717) is 23.5 Å². The van der Waals surface area contributed by atoms with E-state index in [-0.39, 0.29) is 11.3 Å². The molecule has 4 rings (SSSR count). The largest absolute Gasteiger partial charge is 0.356 e. The summed E-state index contributed by atoms with van der Waals surface area (Å²) < 4.78 is 0. The van der Waals surface area contributed by atoms with Crippen molar-refractivity contribution in [3.05, 3.63) is 0 Å². The van der Waals surface area contributed by atoms with Gasteiger partial charge >= 0.3 is 0 Å². The van der Waals surface area contributed by atoms with E-state index in [4.69, 9.17) is 0 Å². The summed E-state index contributed by atoms with van der Waals surface area (Å²) in [6, 6.07) is 0. The fraction of sp³-hybridized carbons (Fsp3) is 0.900. The first-order valence-electron chi connectivity index (χ1n) is 9.75. The van der Waals surface area contributed by atoms with Crippen LogP contribution in [-0.4, -0.2) is 18.2 Å². The van der Waals surface area contributed by atoms with Crippen molar-refractivity contribution >= 4 is 11.7 Å². The first-order valence-corrected chi connectivity index (χ1v) is 9.75. The fourth-order valence-electron chi connectivity index (χ4n) is 7.03. The van der Waals surface area contributed by atoms with Crippen molar-refractivity contribution in [1.82, 2.24) is 5.32 Å². The number of nitrogens with one attached hydrogen (secondary N) is 1. The van der Waals surface area contributed by atoms with E-state index < -0.39 is 0 Å². The molecule has 3 heteroatoms. The molecule has 3 aliphatic carbocycles. The van der Waals surface area contributed by atoms with Crippen molar-refractivity contribution in [2.75, 3.05) is 6.54 Å². The minimum Gasteiger partial charge on any atom is -0.356 e. The molecule has 4 fully saturated rings. The van der Waals surface area contributed by atoms with Crippen LogP contribution < -0.4 is 5.32 Å². The number of Topliss-reactive ketones (excluding diaryl/α,β-unsaturated/α-hetero) is 1. The van der Waals surface area contributed by atoms with Gasteiger partial charge in [-0.1, -0.05) is 13.8 Å². The fourth-order valence-corrected chi connectivity index (χ4v) is 7.03. The summed E-state index contributed by atoms with van der Waals surface area (Å²) in [5.41, 5.74) is 0.289. The van der Waals surface area contributed by atoms with Gasteiger partial charge < -0.3 is 5.32 Å². The van der Waals surface area contributed by atoms with Gasteiger partial charge in [0.15, 0.2) is 0 Å². The van der Waals surface area contributed by atoms with Crippen LogP contribution in [0.3, 0.4) is 0 Å². The Morgan fingerprint density at radius 1 is 0.913 bits per heavy atom. The zero-order valence-corrected chi connectivity index (χ0v) is 14.7. The summed E-state index contributed by atoms with van der Waals surface area (Å²) in [4.78, 5) is 24.4. The molecule has 6 unspecified atom stereocenters. The average molecular weight is 317 g/mol. The number of hydrogen-bond acceptors (Lipinski definition) is 2. The summed E-state index contributed by atoms with van der Waals surface area (Å²) >= 11 is 0. The smallest absolute Gasteiger partial charge is 0.220 e. The molecule has 0 bridgehead atoms. The monoisotopic (exact) mass is 317 g/mol. The van der Waals surface area contributed by atoms with Crippen LogP contribution in [0.25, 0.3) is 0 Å². The SMILES string of the molecule is CC12CCC3C(CCC4CCNC(=O)CCC43C)C1CCC2=O. The Morgan fingerprint density at radius 2 is 1.74 bits per heavy atom. The zero-order chi connectivity index (χ0) is 16.2. The first kappa shape index (κ1) is 15.7. The molecule has 3 nitrogen and oxygen atoms in total. The topological polar surface area (TPSA) is 46.2 Å². The molecule has 6 atom stereocenters. The van der Waals surface area contributed by atoms with Gasteiger partial charge in [-0.15, -0.1) is 0 Å². The second-order valence-corrected chi connectivity index (χ2v) is 9.21. The first-order chi connectivity index (χ1) is 10.9. The highest BCUT2D eigenvalue weighted by Crippen LogP contribution is 2.64. The maximum absolute atomic E-state index is 12.5. The predicted molar refractivity (Wildman–Crippen MR) is 89.7 cm³/mol. The molecule has 4 aliphatic rings. The third-order valence-electron chi connectivity index (χ3n) is 8.48. The maximum atomic E-state index is 12.5. The van der Waals surface area contributed by atoms with Crippen LogP contribution in [0.15, 0.2) is 0 Å². The normalized spacial score (nSPS) is 50.2. The van der Waals surface area contributed by atoms with Crippen LogP contribution in [-0.2, 0) is 9.59 Å².